The molecule has 1 aromatic rings. The minimum Gasteiger partial charge on any atom is -0.382 e. The predicted octanol–water partition coefficient (Wildman–Crippen LogP) is 1.21. The highest BCUT2D eigenvalue weighted by Gasteiger charge is 2.35. The Labute approximate surface area is 84.4 Å². The molecule has 1 aliphatic rings. The van der Waals surface area contributed by atoms with Crippen LogP contribution in [0, 0.1) is 6.92 Å². The topological polar surface area (TPSA) is 32.3 Å². The van der Waals surface area contributed by atoms with Crippen LogP contribution in [0.15, 0.2) is 24.3 Å². The maximum absolute atomic E-state index is 9.94. The summed E-state index contributed by atoms with van der Waals surface area (Å²) in [7, 11) is 0. The minimum atomic E-state index is -0.605. The fraction of sp³-hybridized carbons (Fsp3) is 0.400. The molecule has 0 radical (unpaired) electrons. The first-order valence-electron chi connectivity index (χ1n) is 4.21. The quantitative estimate of drug-likeness (QED) is 0.713. The Hall–Kier alpha value is -0.570. The molecular formula is C10H14ClNO. The molecule has 0 amide bonds. The van der Waals surface area contributed by atoms with Crippen LogP contribution < -0.4 is 5.32 Å². The zero-order valence-corrected chi connectivity index (χ0v) is 8.40. The van der Waals surface area contributed by atoms with Crippen molar-refractivity contribution in [1.29, 1.82) is 0 Å². The largest absolute Gasteiger partial charge is 0.382 e. The molecule has 1 aromatic carbocycles. The van der Waals surface area contributed by atoms with Crippen molar-refractivity contribution in [3.8, 4) is 0 Å². The van der Waals surface area contributed by atoms with Crippen LogP contribution in [0.3, 0.4) is 0 Å². The second-order valence-corrected chi connectivity index (χ2v) is 3.50. The van der Waals surface area contributed by atoms with Gasteiger partial charge in [0, 0.05) is 13.1 Å². The molecule has 2 rings (SSSR count). The van der Waals surface area contributed by atoms with Gasteiger partial charge < -0.3 is 10.4 Å². The minimum absolute atomic E-state index is 0. The average Bonchev–Trinajstić information content (AvgIpc) is 2.00. The molecule has 1 fully saturated rings. The summed E-state index contributed by atoms with van der Waals surface area (Å²) in [6.07, 6.45) is 0. The van der Waals surface area contributed by atoms with Gasteiger partial charge in [0.1, 0.15) is 5.60 Å². The molecule has 0 aliphatic carbocycles. The van der Waals surface area contributed by atoms with Crippen LogP contribution >= 0.6 is 12.4 Å². The summed E-state index contributed by atoms with van der Waals surface area (Å²) in [6, 6.07) is 8.05. The van der Waals surface area contributed by atoms with E-state index >= 15 is 0 Å². The monoisotopic (exact) mass is 199 g/mol. The van der Waals surface area contributed by atoms with Gasteiger partial charge in [0.25, 0.3) is 0 Å². The van der Waals surface area contributed by atoms with E-state index in [1.807, 2.05) is 31.2 Å². The summed E-state index contributed by atoms with van der Waals surface area (Å²) in [4.78, 5) is 0. The van der Waals surface area contributed by atoms with Gasteiger partial charge in [0.2, 0.25) is 0 Å². The van der Waals surface area contributed by atoms with Gasteiger partial charge in [-0.25, -0.2) is 0 Å². The Bertz CT molecular complexity index is 297. The van der Waals surface area contributed by atoms with Crippen molar-refractivity contribution in [2.45, 2.75) is 12.5 Å². The van der Waals surface area contributed by atoms with Gasteiger partial charge in [-0.1, -0.05) is 29.8 Å². The fourth-order valence-corrected chi connectivity index (χ4v) is 1.50. The van der Waals surface area contributed by atoms with Crippen molar-refractivity contribution in [1.82, 2.24) is 5.32 Å². The Morgan fingerprint density at radius 3 is 2.54 bits per heavy atom. The lowest BCUT2D eigenvalue weighted by Crippen LogP contribution is -2.56. The lowest BCUT2D eigenvalue weighted by molar-refractivity contribution is -0.0147. The molecule has 0 bridgehead atoms. The van der Waals surface area contributed by atoms with Crippen LogP contribution in [0.2, 0.25) is 0 Å². The molecule has 0 aromatic heterocycles. The highest BCUT2D eigenvalue weighted by atomic mass is 35.5. The van der Waals surface area contributed by atoms with Gasteiger partial charge in [-0.05, 0) is 12.5 Å². The normalized spacial score (nSPS) is 18.6. The molecule has 1 saturated heterocycles. The number of halogens is 1. The smallest absolute Gasteiger partial charge is 0.114 e. The van der Waals surface area contributed by atoms with Crippen LogP contribution in [0.5, 0.6) is 0 Å². The van der Waals surface area contributed by atoms with E-state index in [1.54, 1.807) is 0 Å². The van der Waals surface area contributed by atoms with Crippen molar-refractivity contribution < 1.29 is 5.11 Å². The molecule has 2 N–H and O–H groups in total. The third-order valence-electron chi connectivity index (χ3n) is 2.39. The summed E-state index contributed by atoms with van der Waals surface area (Å²) in [6.45, 7) is 3.39. The van der Waals surface area contributed by atoms with Gasteiger partial charge in [-0.3, -0.25) is 0 Å². The van der Waals surface area contributed by atoms with Crippen LogP contribution in [-0.4, -0.2) is 18.2 Å². The fourth-order valence-electron chi connectivity index (χ4n) is 1.50. The molecule has 1 heterocycles. The van der Waals surface area contributed by atoms with Crippen molar-refractivity contribution in [3.05, 3.63) is 35.4 Å². The highest BCUT2D eigenvalue weighted by Crippen LogP contribution is 2.25. The van der Waals surface area contributed by atoms with Gasteiger partial charge in [-0.15, -0.1) is 12.4 Å². The number of hydrogen-bond acceptors (Lipinski definition) is 2. The second-order valence-electron chi connectivity index (χ2n) is 3.50. The molecule has 13 heavy (non-hydrogen) atoms. The summed E-state index contributed by atoms with van der Waals surface area (Å²) < 4.78 is 0. The predicted molar refractivity (Wildman–Crippen MR) is 55.2 cm³/mol. The lowest BCUT2D eigenvalue weighted by atomic mass is 9.87. The number of hydrogen-bond donors (Lipinski definition) is 2. The van der Waals surface area contributed by atoms with E-state index in [9.17, 15) is 5.11 Å². The summed E-state index contributed by atoms with van der Waals surface area (Å²) in [5, 5.41) is 13.0. The zero-order chi connectivity index (χ0) is 8.60. The van der Waals surface area contributed by atoms with Crippen LogP contribution in [0.1, 0.15) is 11.1 Å². The van der Waals surface area contributed by atoms with Crippen LogP contribution in [0.4, 0.5) is 0 Å². The first kappa shape index (κ1) is 10.5. The molecule has 0 saturated carbocycles. The van der Waals surface area contributed by atoms with Gasteiger partial charge in [-0.2, -0.15) is 0 Å². The molecule has 0 atom stereocenters. The van der Waals surface area contributed by atoms with Gasteiger partial charge in [0.05, 0.1) is 0 Å². The van der Waals surface area contributed by atoms with E-state index in [2.05, 4.69) is 5.32 Å². The second kappa shape index (κ2) is 3.66. The third kappa shape index (κ3) is 1.85. The van der Waals surface area contributed by atoms with Gasteiger partial charge in [0.15, 0.2) is 0 Å². The Balaban J connectivity index is 0.000000845. The lowest BCUT2D eigenvalue weighted by Gasteiger charge is -2.38. The van der Waals surface area contributed by atoms with E-state index in [0.717, 1.165) is 5.56 Å². The number of nitrogens with one attached hydrogen (secondary N) is 1. The van der Waals surface area contributed by atoms with E-state index in [4.69, 9.17) is 0 Å². The van der Waals surface area contributed by atoms with E-state index in [1.165, 1.54) is 5.56 Å². The third-order valence-corrected chi connectivity index (χ3v) is 2.39. The van der Waals surface area contributed by atoms with E-state index in [-0.39, 0.29) is 12.4 Å². The van der Waals surface area contributed by atoms with E-state index in [0.29, 0.717) is 13.1 Å². The van der Waals surface area contributed by atoms with Crippen molar-refractivity contribution in [2.75, 3.05) is 13.1 Å². The van der Waals surface area contributed by atoms with Gasteiger partial charge >= 0.3 is 0 Å². The average molecular weight is 200 g/mol. The Kier molecular flexibility index (Phi) is 2.96. The number of aliphatic hydroxyl groups is 1. The Morgan fingerprint density at radius 1 is 1.38 bits per heavy atom. The van der Waals surface area contributed by atoms with Crippen LogP contribution in [0.25, 0.3) is 0 Å². The Morgan fingerprint density at radius 2 is 2.08 bits per heavy atom. The van der Waals surface area contributed by atoms with Crippen LogP contribution in [-0.2, 0) is 5.60 Å². The highest BCUT2D eigenvalue weighted by molar-refractivity contribution is 5.85. The number of rotatable bonds is 1. The molecule has 3 heteroatoms. The number of β-amino-alcohol motifs (C(OH)–C–C–N with tert-alkyl or cyclic N) is 1. The van der Waals surface area contributed by atoms with Crippen molar-refractivity contribution >= 4 is 12.4 Å². The standard InChI is InChI=1S/C10H13NO.ClH/c1-8-3-2-4-9(5-8)10(12)6-11-7-10;/h2-5,11-12H,6-7H2,1H3;1H. The maximum atomic E-state index is 9.94. The maximum Gasteiger partial charge on any atom is 0.114 e. The molecule has 0 unspecified atom stereocenters. The molecule has 1 aliphatic heterocycles. The van der Waals surface area contributed by atoms with E-state index < -0.39 is 5.60 Å². The molecule has 0 spiro atoms. The summed E-state index contributed by atoms with van der Waals surface area (Å²) >= 11 is 0. The summed E-state index contributed by atoms with van der Waals surface area (Å²) in [5.41, 5.74) is 1.63. The molecule has 2 nitrogen and oxygen atoms in total. The first-order valence-corrected chi connectivity index (χ1v) is 4.21. The SMILES string of the molecule is Cc1cccc(C2(O)CNC2)c1.Cl. The molecular weight excluding hydrogens is 186 g/mol. The van der Waals surface area contributed by atoms with Crippen molar-refractivity contribution in [2.24, 2.45) is 0 Å². The first-order chi connectivity index (χ1) is 5.71. The number of benzene rings is 1. The molecule has 72 valence electrons. The van der Waals surface area contributed by atoms with Crippen molar-refractivity contribution in [3.63, 3.8) is 0 Å². The number of aryl methyl sites for hydroxylation is 1. The zero-order valence-electron chi connectivity index (χ0n) is 7.58. The summed E-state index contributed by atoms with van der Waals surface area (Å²) in [5.74, 6) is 0.